The van der Waals surface area contributed by atoms with Gasteiger partial charge in [0.15, 0.2) is 0 Å². The van der Waals surface area contributed by atoms with Gasteiger partial charge in [-0.25, -0.2) is 0 Å². The lowest BCUT2D eigenvalue weighted by Crippen LogP contribution is -2.39. The van der Waals surface area contributed by atoms with E-state index in [9.17, 15) is 9.90 Å². The van der Waals surface area contributed by atoms with Crippen molar-refractivity contribution in [1.82, 2.24) is 4.90 Å². The summed E-state index contributed by atoms with van der Waals surface area (Å²) in [5, 5.41) is 19.2. The van der Waals surface area contributed by atoms with Crippen molar-refractivity contribution < 1.29 is 9.90 Å². The van der Waals surface area contributed by atoms with E-state index in [1.807, 2.05) is 12.1 Å². The number of nitriles is 1. The molecule has 112 valence electrons. The average molecular weight is 286 g/mol. The van der Waals surface area contributed by atoms with Crippen LogP contribution < -0.4 is 0 Å². The number of hydrogen-bond donors (Lipinski definition) is 1. The predicted octanol–water partition coefficient (Wildman–Crippen LogP) is 2.60. The molecule has 0 saturated heterocycles. The second-order valence-electron chi connectivity index (χ2n) is 6.02. The number of carbonyl (C=O) groups excluding carboxylic acids is 1. The van der Waals surface area contributed by atoms with Gasteiger partial charge in [-0.15, -0.1) is 0 Å². The number of rotatable bonds is 4. The minimum atomic E-state index is -0.811. The summed E-state index contributed by atoms with van der Waals surface area (Å²) in [6.45, 7) is 0.501. The number of nitrogens with zero attached hydrogens (tertiary/aromatic N) is 2. The highest BCUT2D eigenvalue weighted by atomic mass is 16.3. The topological polar surface area (TPSA) is 64.3 Å². The van der Waals surface area contributed by atoms with Crippen LogP contribution in [0, 0.1) is 11.3 Å². The first-order chi connectivity index (χ1) is 10.0. The van der Waals surface area contributed by atoms with E-state index in [2.05, 4.69) is 6.07 Å². The normalized spacial score (nSPS) is 17.0. The van der Waals surface area contributed by atoms with Gasteiger partial charge in [-0.2, -0.15) is 5.26 Å². The molecule has 0 aliphatic heterocycles. The van der Waals surface area contributed by atoms with Gasteiger partial charge in [0.05, 0.1) is 23.7 Å². The third kappa shape index (κ3) is 4.30. The summed E-state index contributed by atoms with van der Waals surface area (Å²) in [6.07, 6.45) is 4.82. The van der Waals surface area contributed by atoms with Gasteiger partial charge in [-0.3, -0.25) is 4.79 Å². The largest absolute Gasteiger partial charge is 0.389 e. The van der Waals surface area contributed by atoms with Crippen LogP contribution in [0.3, 0.4) is 0 Å². The van der Waals surface area contributed by atoms with Gasteiger partial charge in [0.25, 0.3) is 0 Å². The Morgan fingerprint density at radius 1 is 1.29 bits per heavy atom. The summed E-state index contributed by atoms with van der Waals surface area (Å²) in [6, 6.07) is 9.30. The number of benzene rings is 1. The molecule has 1 aromatic rings. The number of aliphatic hydroxyl groups is 1. The lowest BCUT2D eigenvalue weighted by molar-refractivity contribution is -0.137. The molecule has 2 rings (SSSR count). The Morgan fingerprint density at radius 3 is 2.48 bits per heavy atom. The molecule has 1 saturated carbocycles. The second-order valence-corrected chi connectivity index (χ2v) is 6.02. The lowest BCUT2D eigenvalue weighted by Gasteiger charge is -2.32. The van der Waals surface area contributed by atoms with Gasteiger partial charge in [0.1, 0.15) is 0 Å². The van der Waals surface area contributed by atoms with Crippen molar-refractivity contribution in [3.8, 4) is 6.07 Å². The molecule has 1 aliphatic rings. The Morgan fingerprint density at radius 2 is 1.90 bits per heavy atom. The van der Waals surface area contributed by atoms with Crippen LogP contribution in [0.5, 0.6) is 0 Å². The van der Waals surface area contributed by atoms with Crippen LogP contribution in [0.25, 0.3) is 0 Å². The van der Waals surface area contributed by atoms with Gasteiger partial charge in [0, 0.05) is 13.6 Å². The lowest BCUT2D eigenvalue weighted by atomic mass is 9.82. The molecule has 1 amide bonds. The molecule has 1 N–H and O–H groups in total. The zero-order valence-electron chi connectivity index (χ0n) is 12.5. The van der Waals surface area contributed by atoms with Gasteiger partial charge < -0.3 is 10.0 Å². The highest BCUT2D eigenvalue weighted by Gasteiger charge is 2.32. The van der Waals surface area contributed by atoms with Crippen LogP contribution in [0.15, 0.2) is 24.3 Å². The van der Waals surface area contributed by atoms with Crippen LogP contribution >= 0.6 is 0 Å². The molecule has 0 spiro atoms. The summed E-state index contributed by atoms with van der Waals surface area (Å²) >= 11 is 0. The monoisotopic (exact) mass is 286 g/mol. The zero-order valence-corrected chi connectivity index (χ0v) is 12.5. The molecule has 4 nitrogen and oxygen atoms in total. The molecular weight excluding hydrogens is 264 g/mol. The van der Waals surface area contributed by atoms with Crippen molar-refractivity contribution >= 4 is 5.91 Å². The Balaban J connectivity index is 1.91. The first kappa shape index (κ1) is 15.5. The maximum Gasteiger partial charge on any atom is 0.225 e. The van der Waals surface area contributed by atoms with E-state index in [1.54, 1.807) is 24.1 Å². The zero-order chi connectivity index (χ0) is 15.3. The highest BCUT2D eigenvalue weighted by Crippen LogP contribution is 2.31. The Hall–Kier alpha value is -1.86. The van der Waals surface area contributed by atoms with E-state index in [0.717, 1.165) is 37.7 Å². The van der Waals surface area contributed by atoms with Crippen LogP contribution in [0.4, 0.5) is 0 Å². The average Bonchev–Trinajstić information content (AvgIpc) is 2.48. The van der Waals surface area contributed by atoms with Crippen molar-refractivity contribution in [2.24, 2.45) is 0 Å². The summed E-state index contributed by atoms with van der Waals surface area (Å²) < 4.78 is 0. The van der Waals surface area contributed by atoms with Crippen LogP contribution in [0.1, 0.15) is 49.7 Å². The number of amides is 1. The summed E-state index contributed by atoms with van der Waals surface area (Å²) in [4.78, 5) is 13.9. The Kier molecular flexibility index (Phi) is 4.98. The molecule has 0 aromatic heterocycles. The molecule has 0 radical (unpaired) electrons. The number of carbonyl (C=O) groups is 1. The van der Waals surface area contributed by atoms with Gasteiger partial charge in [-0.05, 0) is 30.5 Å². The molecular formula is C17H22N2O2. The summed E-state index contributed by atoms with van der Waals surface area (Å²) in [5.41, 5.74) is 0.790. The molecule has 0 unspecified atom stereocenters. The smallest absolute Gasteiger partial charge is 0.225 e. The molecule has 0 atom stereocenters. The van der Waals surface area contributed by atoms with E-state index in [1.165, 1.54) is 0 Å². The maximum atomic E-state index is 12.3. The molecule has 0 heterocycles. The molecule has 4 heteroatoms. The van der Waals surface area contributed by atoms with E-state index in [4.69, 9.17) is 5.26 Å². The third-order valence-electron chi connectivity index (χ3n) is 4.19. The first-order valence-corrected chi connectivity index (χ1v) is 7.48. The van der Waals surface area contributed by atoms with Crippen molar-refractivity contribution in [3.05, 3.63) is 35.4 Å². The van der Waals surface area contributed by atoms with Crippen LogP contribution in [-0.4, -0.2) is 28.6 Å². The summed E-state index contributed by atoms with van der Waals surface area (Å²) in [5.74, 6) is -0.0243. The van der Waals surface area contributed by atoms with E-state index in [0.29, 0.717) is 12.1 Å². The minimum Gasteiger partial charge on any atom is -0.389 e. The van der Waals surface area contributed by atoms with Gasteiger partial charge >= 0.3 is 0 Å². The highest BCUT2D eigenvalue weighted by molar-refractivity contribution is 5.77. The molecule has 1 aliphatic carbocycles. The number of hydrogen-bond acceptors (Lipinski definition) is 3. The maximum absolute atomic E-state index is 12.3. The van der Waals surface area contributed by atoms with E-state index < -0.39 is 5.60 Å². The van der Waals surface area contributed by atoms with Crippen LogP contribution in [0.2, 0.25) is 0 Å². The molecule has 1 fully saturated rings. The Labute approximate surface area is 126 Å². The predicted molar refractivity (Wildman–Crippen MR) is 80.3 cm³/mol. The van der Waals surface area contributed by atoms with E-state index >= 15 is 0 Å². The first-order valence-electron chi connectivity index (χ1n) is 7.48. The second kappa shape index (κ2) is 6.73. The van der Waals surface area contributed by atoms with Crippen molar-refractivity contribution in [1.29, 1.82) is 5.26 Å². The molecule has 1 aromatic carbocycles. The fraction of sp³-hybridized carbons (Fsp3) is 0.529. The standard InChI is InChI=1S/C17H22N2O2/c1-19(13-15-7-5-14(12-18)6-8-15)16(20)11-17(21)9-3-2-4-10-17/h5-8,21H,2-4,9-11,13H2,1H3. The molecule has 21 heavy (non-hydrogen) atoms. The molecule has 0 bridgehead atoms. The quantitative estimate of drug-likeness (QED) is 0.925. The SMILES string of the molecule is CN(Cc1ccc(C#N)cc1)C(=O)CC1(O)CCCCC1. The van der Waals surface area contributed by atoms with Crippen molar-refractivity contribution in [3.63, 3.8) is 0 Å². The summed E-state index contributed by atoms with van der Waals surface area (Å²) in [7, 11) is 1.76. The van der Waals surface area contributed by atoms with Gasteiger partial charge in [-0.1, -0.05) is 31.4 Å². The van der Waals surface area contributed by atoms with Crippen molar-refractivity contribution in [2.45, 2.75) is 50.7 Å². The Bertz CT molecular complexity index is 525. The minimum absolute atomic E-state index is 0.0243. The fourth-order valence-corrected chi connectivity index (χ4v) is 2.85. The van der Waals surface area contributed by atoms with Crippen LogP contribution in [-0.2, 0) is 11.3 Å². The van der Waals surface area contributed by atoms with Crippen molar-refractivity contribution in [2.75, 3.05) is 7.05 Å². The van der Waals surface area contributed by atoms with Gasteiger partial charge in [0.2, 0.25) is 5.91 Å². The third-order valence-corrected chi connectivity index (χ3v) is 4.19. The fourth-order valence-electron chi connectivity index (χ4n) is 2.85. The van der Waals surface area contributed by atoms with E-state index in [-0.39, 0.29) is 12.3 Å².